The van der Waals surface area contributed by atoms with Crippen molar-refractivity contribution in [2.75, 3.05) is 24.7 Å². The van der Waals surface area contributed by atoms with Gasteiger partial charge >= 0.3 is 42.4 Å². The second kappa shape index (κ2) is 14.8. The first-order valence-electron chi connectivity index (χ1n) is 14.7. The first-order valence-corrected chi connectivity index (χ1v) is 20.7. The van der Waals surface area contributed by atoms with Crippen molar-refractivity contribution >= 4 is 65.5 Å². The van der Waals surface area contributed by atoms with Crippen LogP contribution in [0.4, 0.5) is 11.9 Å². The minimum absolute atomic E-state index is 0.0985. The van der Waals surface area contributed by atoms with E-state index < -0.39 is 105 Å². The van der Waals surface area contributed by atoms with Crippen LogP contribution in [0.1, 0.15) is 12.5 Å². The van der Waals surface area contributed by atoms with Crippen LogP contribution in [-0.4, -0.2) is 129 Å². The first-order chi connectivity index (χ1) is 25.5. The molecule has 304 valence electrons. The van der Waals surface area contributed by atoms with Gasteiger partial charge in [0.15, 0.2) is 23.5 Å². The molecule has 0 saturated carbocycles. The van der Waals surface area contributed by atoms with E-state index in [1.807, 2.05) is 0 Å². The number of anilines is 2. The number of nitrogen functional groups attached to an aromatic ring is 2. The molecule has 0 amide bonds. The number of ether oxygens (including phenoxy) is 2. The molecule has 0 spiro atoms. The Balaban J connectivity index is 1.02. The van der Waals surface area contributed by atoms with Crippen molar-refractivity contribution in [2.24, 2.45) is 0 Å². The van der Waals surface area contributed by atoms with Crippen LogP contribution in [0.15, 0.2) is 22.2 Å². The van der Waals surface area contributed by atoms with Gasteiger partial charge in [-0.05, 0) is 0 Å². The van der Waals surface area contributed by atoms with Gasteiger partial charge in [-0.1, -0.05) is 0 Å². The summed E-state index contributed by atoms with van der Waals surface area (Å²) in [5.41, 5.74) is 8.68. The van der Waals surface area contributed by atoms with E-state index in [9.17, 15) is 67.8 Å². The predicted molar refractivity (Wildman–Crippen MR) is 171 cm³/mol. The number of hydrogen-bond donors (Lipinski definition) is 12. The summed E-state index contributed by atoms with van der Waals surface area (Å²) < 4.78 is 83.0. The Labute approximate surface area is 301 Å². The van der Waals surface area contributed by atoms with Crippen molar-refractivity contribution in [1.29, 1.82) is 0 Å². The van der Waals surface area contributed by atoms with Crippen molar-refractivity contribution in [2.45, 2.75) is 49.1 Å². The van der Waals surface area contributed by atoms with E-state index in [0.29, 0.717) is 0 Å². The maximum Gasteiger partial charge on any atom is 0.490 e. The molecular weight excluding hydrogens is 840 g/mol. The lowest BCUT2D eigenvalue weighted by molar-refractivity contribution is -0.0505. The summed E-state index contributed by atoms with van der Waals surface area (Å²) in [4.78, 5) is 83.2. The molecule has 2 saturated heterocycles. The molecule has 6 unspecified atom stereocenters. The fourth-order valence-corrected chi connectivity index (χ4v) is 10.2. The van der Waals surface area contributed by atoms with E-state index in [1.54, 1.807) is 0 Å². The topological polar surface area (TPSA) is 474 Å². The number of rotatable bonds is 14. The summed E-state index contributed by atoms with van der Waals surface area (Å²) >= 11 is 0. The highest BCUT2D eigenvalue weighted by Gasteiger charge is 2.50. The Hall–Kier alpha value is -3.38. The van der Waals surface area contributed by atoms with E-state index >= 15 is 0 Å². The molecule has 4 aromatic rings. The molecule has 0 radical (unpaired) electrons. The summed E-state index contributed by atoms with van der Waals surface area (Å²) in [6, 6.07) is 0. The lowest BCUT2D eigenvalue weighted by Gasteiger charge is -2.21. The van der Waals surface area contributed by atoms with Gasteiger partial charge in [0.25, 0.3) is 0 Å². The van der Waals surface area contributed by atoms with Crippen molar-refractivity contribution in [3.8, 4) is 0 Å². The standard InChI is InChI=1S/C20H28N10O21P4/c21-19-25-13-7(15(35)27-19)23-3-29(13)17-11(33)9(31)5(47-17)1-45-52(37,38)49-54(41,42)51-55(43,44)50-53(39,40)46-2-6-10(32)12(34)18(48-6)30-4-24-8-14(30)26-20(22)28-16(8)36/h3-6,9-12,17-18,31-34H,1-2H2,(H,37,38)(H,39,40)(H,41,42)(H,43,44)(H3,21,25,27,35)(H3,22,26,28,36)/t5?,6?,9-,10-,11-,12-,17-,18-/m1/s1. The smallest absolute Gasteiger partial charge is 0.387 e. The molecule has 14 N–H and O–H groups in total. The summed E-state index contributed by atoms with van der Waals surface area (Å²) in [5.74, 6) is -0.679. The molecular formula is C20H28N10O21P4. The minimum atomic E-state index is -6.25. The van der Waals surface area contributed by atoms with Crippen LogP contribution in [-0.2, 0) is 49.7 Å². The SMILES string of the molecule is Nc1nc(=O)c2ncn([C@@H]3OC(COP(=O)(O)OP(=O)(O)OP(=O)(O)OP(=O)(O)OCC4O[C@@H](n5cnc6c(=O)nc(N)[nH]c65)[C@H](O)[C@@H]4O)[C@@H](O)[C@H]3O)c2[nH]1. The Morgan fingerprint density at radius 2 is 0.982 bits per heavy atom. The van der Waals surface area contributed by atoms with Crippen molar-refractivity contribution in [1.82, 2.24) is 39.0 Å². The number of nitrogens with two attached hydrogens (primary N) is 2. The molecule has 4 aromatic heterocycles. The van der Waals surface area contributed by atoms with Gasteiger partial charge in [-0.15, -0.1) is 0 Å². The maximum absolute atomic E-state index is 12.4. The number of hydrogen-bond acceptors (Lipinski definition) is 23. The molecule has 0 aromatic carbocycles. The number of phosphoric ester groups is 2. The molecule has 2 fully saturated rings. The molecule has 31 nitrogen and oxygen atoms in total. The van der Waals surface area contributed by atoms with E-state index in [1.165, 1.54) is 0 Å². The zero-order valence-corrected chi connectivity index (χ0v) is 30.3. The van der Waals surface area contributed by atoms with E-state index in [-0.39, 0.29) is 34.2 Å². The van der Waals surface area contributed by atoms with Crippen LogP contribution in [0.5, 0.6) is 0 Å². The van der Waals surface area contributed by atoms with Gasteiger partial charge in [-0.3, -0.25) is 27.8 Å². The first kappa shape index (κ1) is 41.3. The summed E-state index contributed by atoms with van der Waals surface area (Å²) in [6.07, 6.45) is -11.8. The second-order valence-electron chi connectivity index (χ2n) is 11.4. The number of phosphoric acid groups is 4. The number of nitrogens with one attached hydrogen (secondary N) is 2. The van der Waals surface area contributed by atoms with Gasteiger partial charge in [0.1, 0.15) is 47.9 Å². The molecule has 2 aliphatic heterocycles. The third kappa shape index (κ3) is 8.80. The van der Waals surface area contributed by atoms with Crippen molar-refractivity contribution in [3.63, 3.8) is 0 Å². The Morgan fingerprint density at radius 3 is 1.35 bits per heavy atom. The van der Waals surface area contributed by atoms with Crippen LogP contribution in [0.3, 0.4) is 0 Å². The lowest BCUT2D eigenvalue weighted by atomic mass is 10.1. The van der Waals surface area contributed by atoms with Gasteiger partial charge in [0.2, 0.25) is 11.9 Å². The number of fused-ring (bicyclic) bond motifs is 2. The zero-order valence-electron chi connectivity index (χ0n) is 26.7. The van der Waals surface area contributed by atoms with Gasteiger partial charge in [-0.25, -0.2) is 28.2 Å². The van der Waals surface area contributed by atoms with E-state index in [2.05, 4.69) is 51.9 Å². The minimum Gasteiger partial charge on any atom is -0.387 e. The molecule has 6 heterocycles. The monoisotopic (exact) mass is 868 g/mol. The lowest BCUT2D eigenvalue weighted by Crippen LogP contribution is -2.33. The van der Waals surface area contributed by atoms with Gasteiger partial charge in [0, 0.05) is 0 Å². The predicted octanol–water partition coefficient (Wildman–Crippen LogP) is -3.86. The second-order valence-corrected chi connectivity index (χ2v) is 17.6. The highest BCUT2D eigenvalue weighted by atomic mass is 31.3. The number of aromatic nitrogens is 8. The molecule has 35 heteroatoms. The van der Waals surface area contributed by atoms with Gasteiger partial charge in [-0.2, -0.15) is 22.9 Å². The van der Waals surface area contributed by atoms with Crippen LogP contribution < -0.4 is 22.6 Å². The summed E-state index contributed by atoms with van der Waals surface area (Å²) in [7, 11) is -24.1. The van der Waals surface area contributed by atoms with Crippen LogP contribution >= 0.6 is 31.3 Å². The number of aromatic amines is 2. The molecule has 55 heavy (non-hydrogen) atoms. The fraction of sp³-hybridized carbons (Fsp3) is 0.500. The van der Waals surface area contributed by atoms with E-state index in [4.69, 9.17) is 20.9 Å². The third-order valence-electron chi connectivity index (χ3n) is 7.58. The van der Waals surface area contributed by atoms with Crippen molar-refractivity contribution < 1.29 is 89.7 Å². The Morgan fingerprint density at radius 1 is 0.636 bits per heavy atom. The average Bonchev–Trinajstić information content (AvgIpc) is 3.79. The summed E-state index contributed by atoms with van der Waals surface area (Å²) in [6.45, 7) is -2.35. The average molecular weight is 868 g/mol. The Bertz CT molecular complexity index is 2260. The highest BCUT2D eigenvalue weighted by molar-refractivity contribution is 7.69. The van der Waals surface area contributed by atoms with Gasteiger partial charge in [0.05, 0.1) is 25.9 Å². The normalized spacial score (nSPS) is 30.3. The number of imidazole rings is 2. The molecule has 2 aliphatic rings. The fourth-order valence-electron chi connectivity index (χ4n) is 5.29. The highest BCUT2D eigenvalue weighted by Crippen LogP contribution is 2.71. The number of aliphatic hydroxyl groups excluding tert-OH is 4. The number of H-pyrrole nitrogens is 2. The zero-order chi connectivity index (χ0) is 40.4. The van der Waals surface area contributed by atoms with Gasteiger partial charge < -0.3 is 70.9 Å². The number of aliphatic hydroxyl groups is 4. The molecule has 6 rings (SSSR count). The Kier molecular flexibility index (Phi) is 11.1. The molecule has 0 aliphatic carbocycles. The van der Waals surface area contributed by atoms with Crippen LogP contribution in [0, 0.1) is 0 Å². The number of nitrogens with zero attached hydrogens (tertiary/aromatic N) is 6. The molecule has 0 bridgehead atoms. The maximum atomic E-state index is 12.4. The van der Waals surface area contributed by atoms with Crippen LogP contribution in [0.2, 0.25) is 0 Å². The largest absolute Gasteiger partial charge is 0.490 e. The quantitative estimate of drug-likeness (QED) is 0.0540. The van der Waals surface area contributed by atoms with Crippen molar-refractivity contribution in [3.05, 3.63) is 33.4 Å². The van der Waals surface area contributed by atoms with E-state index in [0.717, 1.165) is 21.8 Å². The summed E-state index contributed by atoms with van der Waals surface area (Å²) in [5, 5.41) is 41.8. The third-order valence-corrected chi connectivity index (χ3v) is 13.5. The van der Waals surface area contributed by atoms with Crippen LogP contribution in [0.25, 0.3) is 22.3 Å². The molecule has 12 atom stereocenters.